The van der Waals surface area contributed by atoms with Crippen molar-refractivity contribution in [3.8, 4) is 5.75 Å². The molecule has 0 aliphatic carbocycles. The number of primary amides is 1. The van der Waals surface area contributed by atoms with Gasteiger partial charge < -0.3 is 36.3 Å². The van der Waals surface area contributed by atoms with Crippen LogP contribution in [-0.4, -0.2) is 54.2 Å². The number of aliphatic hydroxyl groups is 1. The molecule has 0 aliphatic rings. The van der Waals surface area contributed by atoms with Crippen molar-refractivity contribution in [2.24, 2.45) is 5.73 Å². The summed E-state index contributed by atoms with van der Waals surface area (Å²) < 4.78 is 10.9. The van der Waals surface area contributed by atoms with Crippen molar-refractivity contribution >= 4 is 23.8 Å². The Morgan fingerprint density at radius 3 is 1.90 bits per heavy atom. The monoisotopic (exact) mass is 548 g/mol. The van der Waals surface area contributed by atoms with Crippen LogP contribution in [0.15, 0.2) is 84.9 Å². The molecular formula is C29H32N4O7. The summed E-state index contributed by atoms with van der Waals surface area (Å²) in [6.45, 7) is -0.812. The maximum absolute atomic E-state index is 12.9. The molecule has 0 heterocycles. The summed E-state index contributed by atoms with van der Waals surface area (Å²) in [5, 5.41) is 16.9. The quantitative estimate of drug-likeness (QED) is 0.201. The van der Waals surface area contributed by atoms with Crippen LogP contribution in [-0.2, 0) is 38.8 Å². The zero-order valence-electron chi connectivity index (χ0n) is 21.7. The van der Waals surface area contributed by atoms with Gasteiger partial charge >= 0.3 is 6.09 Å². The van der Waals surface area contributed by atoms with Gasteiger partial charge in [-0.15, -0.1) is 0 Å². The number of alkyl carbamates (subject to hydrolysis) is 1. The van der Waals surface area contributed by atoms with E-state index >= 15 is 0 Å². The van der Waals surface area contributed by atoms with Crippen molar-refractivity contribution in [1.82, 2.24) is 16.0 Å². The molecule has 3 aromatic rings. The zero-order valence-corrected chi connectivity index (χ0v) is 21.7. The largest absolute Gasteiger partial charge is 0.489 e. The van der Waals surface area contributed by atoms with E-state index in [0.717, 1.165) is 11.1 Å². The van der Waals surface area contributed by atoms with Crippen molar-refractivity contribution in [3.05, 3.63) is 102 Å². The Hall–Kier alpha value is -4.90. The number of hydrogen-bond donors (Lipinski definition) is 5. The van der Waals surface area contributed by atoms with Crippen LogP contribution in [0.4, 0.5) is 4.79 Å². The fourth-order valence-corrected chi connectivity index (χ4v) is 3.58. The van der Waals surface area contributed by atoms with Gasteiger partial charge in [0.25, 0.3) is 0 Å². The Labute approximate surface area is 231 Å². The molecule has 2 atom stereocenters. The predicted octanol–water partition coefficient (Wildman–Crippen LogP) is 1.18. The van der Waals surface area contributed by atoms with Gasteiger partial charge in [-0.2, -0.15) is 0 Å². The number of nitrogens with one attached hydrogen (secondary N) is 3. The molecule has 3 aromatic carbocycles. The molecule has 0 radical (unpaired) electrons. The van der Waals surface area contributed by atoms with Gasteiger partial charge in [-0.3, -0.25) is 14.4 Å². The maximum atomic E-state index is 12.9. The summed E-state index contributed by atoms with van der Waals surface area (Å²) in [6.07, 6.45) is -0.870. The number of nitrogens with two attached hydrogens (primary N) is 1. The van der Waals surface area contributed by atoms with E-state index in [1.54, 1.807) is 48.5 Å². The van der Waals surface area contributed by atoms with Crippen LogP contribution in [0, 0.1) is 0 Å². The molecule has 0 unspecified atom stereocenters. The van der Waals surface area contributed by atoms with E-state index in [4.69, 9.17) is 15.2 Å². The lowest BCUT2D eigenvalue weighted by Crippen LogP contribution is -2.56. The number of benzene rings is 3. The Morgan fingerprint density at radius 2 is 1.32 bits per heavy atom. The highest BCUT2D eigenvalue weighted by Crippen LogP contribution is 2.15. The topological polar surface area (TPSA) is 169 Å². The first kappa shape index (κ1) is 29.7. The average molecular weight is 549 g/mol. The molecule has 0 fully saturated rings. The first-order valence-corrected chi connectivity index (χ1v) is 12.5. The molecule has 0 spiro atoms. The van der Waals surface area contributed by atoms with Crippen LogP contribution in [0.1, 0.15) is 16.7 Å². The maximum Gasteiger partial charge on any atom is 0.408 e. The molecule has 210 valence electrons. The first-order chi connectivity index (χ1) is 19.3. The second-order valence-corrected chi connectivity index (χ2v) is 8.81. The number of hydrogen-bond acceptors (Lipinski definition) is 7. The number of carbonyl (C=O) groups is 4. The lowest BCUT2D eigenvalue weighted by atomic mass is 10.0. The third-order valence-corrected chi connectivity index (χ3v) is 5.69. The number of rotatable bonds is 14. The van der Waals surface area contributed by atoms with Crippen molar-refractivity contribution in [3.63, 3.8) is 0 Å². The molecule has 0 aromatic heterocycles. The van der Waals surface area contributed by atoms with Gasteiger partial charge in [-0.05, 0) is 28.8 Å². The lowest BCUT2D eigenvalue weighted by molar-refractivity contribution is -0.131. The lowest BCUT2D eigenvalue weighted by Gasteiger charge is -2.22. The van der Waals surface area contributed by atoms with Gasteiger partial charge in [-0.1, -0.05) is 72.8 Å². The van der Waals surface area contributed by atoms with Crippen LogP contribution < -0.4 is 26.4 Å². The van der Waals surface area contributed by atoms with Gasteiger partial charge in [0.2, 0.25) is 17.7 Å². The molecule has 0 saturated carbocycles. The van der Waals surface area contributed by atoms with Gasteiger partial charge in [0.05, 0.1) is 13.2 Å². The van der Waals surface area contributed by atoms with E-state index < -0.39 is 49.1 Å². The standard InChI is InChI=1S/C29H32N4O7/c30-26(35)16-31-27(36)24(15-20-11-13-23(14-12-20)39-18-21-7-3-1-4-8-21)32-28(37)25(17-34)33-29(38)40-19-22-9-5-2-6-10-22/h1-14,24-25,34H,15-19H2,(H2,30,35)(H,31,36)(H,32,37)(H,33,38)/t24-,25-/m1/s1. The minimum absolute atomic E-state index is 0.0321. The number of aliphatic hydroxyl groups excluding tert-OH is 1. The number of carbonyl (C=O) groups excluding carboxylic acids is 4. The van der Waals surface area contributed by atoms with Crippen molar-refractivity contribution in [2.75, 3.05) is 13.2 Å². The Balaban J connectivity index is 1.60. The second kappa shape index (κ2) is 15.5. The van der Waals surface area contributed by atoms with Crippen LogP contribution in [0.5, 0.6) is 5.75 Å². The zero-order chi connectivity index (χ0) is 28.7. The van der Waals surface area contributed by atoms with E-state index in [0.29, 0.717) is 17.9 Å². The predicted molar refractivity (Wildman–Crippen MR) is 146 cm³/mol. The molecule has 11 nitrogen and oxygen atoms in total. The molecule has 0 bridgehead atoms. The van der Waals surface area contributed by atoms with E-state index in [1.165, 1.54) is 0 Å². The third-order valence-electron chi connectivity index (χ3n) is 5.69. The van der Waals surface area contributed by atoms with E-state index in [1.807, 2.05) is 36.4 Å². The molecule has 0 saturated heterocycles. The van der Waals surface area contributed by atoms with Gasteiger partial charge in [0, 0.05) is 6.42 Å². The summed E-state index contributed by atoms with van der Waals surface area (Å²) in [6, 6.07) is 23.0. The Bertz CT molecular complexity index is 1250. The van der Waals surface area contributed by atoms with Crippen LogP contribution in [0.3, 0.4) is 0 Å². The minimum Gasteiger partial charge on any atom is -0.489 e. The highest BCUT2D eigenvalue weighted by molar-refractivity contribution is 5.92. The molecule has 4 amide bonds. The van der Waals surface area contributed by atoms with Gasteiger partial charge in [0.15, 0.2) is 0 Å². The van der Waals surface area contributed by atoms with Crippen molar-refractivity contribution in [2.45, 2.75) is 31.7 Å². The molecule has 40 heavy (non-hydrogen) atoms. The summed E-state index contributed by atoms with van der Waals surface area (Å²) in [5.74, 6) is -1.62. The van der Waals surface area contributed by atoms with Crippen LogP contribution in [0.2, 0.25) is 0 Å². The smallest absolute Gasteiger partial charge is 0.408 e. The first-order valence-electron chi connectivity index (χ1n) is 12.5. The van der Waals surface area contributed by atoms with Gasteiger partial charge in [0.1, 0.15) is 31.0 Å². The van der Waals surface area contributed by atoms with Crippen molar-refractivity contribution < 1.29 is 33.8 Å². The molecule has 3 rings (SSSR count). The van der Waals surface area contributed by atoms with E-state index in [9.17, 15) is 24.3 Å². The van der Waals surface area contributed by atoms with E-state index in [-0.39, 0.29) is 13.0 Å². The number of ether oxygens (including phenoxy) is 2. The minimum atomic E-state index is -1.39. The molecule has 0 aliphatic heterocycles. The molecule has 6 N–H and O–H groups in total. The van der Waals surface area contributed by atoms with Crippen molar-refractivity contribution in [1.29, 1.82) is 0 Å². The summed E-state index contributed by atoms with van der Waals surface area (Å²) in [5.41, 5.74) is 7.56. The fraction of sp³-hybridized carbons (Fsp3) is 0.241. The highest BCUT2D eigenvalue weighted by atomic mass is 16.5. The summed E-state index contributed by atoms with van der Waals surface area (Å²) in [4.78, 5) is 49.0. The van der Waals surface area contributed by atoms with Crippen LogP contribution in [0.25, 0.3) is 0 Å². The summed E-state index contributed by atoms with van der Waals surface area (Å²) >= 11 is 0. The Morgan fingerprint density at radius 1 is 0.725 bits per heavy atom. The van der Waals surface area contributed by atoms with Gasteiger partial charge in [-0.25, -0.2) is 4.79 Å². The highest BCUT2D eigenvalue weighted by Gasteiger charge is 2.27. The third kappa shape index (κ3) is 10.1. The van der Waals surface area contributed by atoms with E-state index in [2.05, 4.69) is 16.0 Å². The average Bonchev–Trinajstić information content (AvgIpc) is 2.97. The second-order valence-electron chi connectivity index (χ2n) is 8.81. The fourth-order valence-electron chi connectivity index (χ4n) is 3.58. The normalized spacial score (nSPS) is 11.9. The molecular weight excluding hydrogens is 516 g/mol. The Kier molecular flexibility index (Phi) is 11.5. The summed E-state index contributed by atoms with van der Waals surface area (Å²) in [7, 11) is 0. The molecule has 11 heteroatoms. The van der Waals surface area contributed by atoms with Crippen LogP contribution >= 0.6 is 0 Å². The SMILES string of the molecule is NC(=O)CNC(=O)[C@@H](Cc1ccc(OCc2ccccc2)cc1)NC(=O)[C@@H](CO)NC(=O)OCc1ccccc1. The number of amides is 4.